The van der Waals surface area contributed by atoms with Crippen molar-refractivity contribution in [3.63, 3.8) is 0 Å². The summed E-state index contributed by atoms with van der Waals surface area (Å²) in [7, 11) is 0. The number of nitriles is 1. The molecule has 0 aliphatic rings. The number of nitrogens with two attached hydrogens (primary N) is 1. The molecule has 2 rings (SSSR count). The standard InChI is InChI=1S/C14H14N4S/c1-8-6-11(16)4-5-13(8)17-18-14-12(7-15)9(2)10(3)19-14/h4-6H,16H2,1-3H3/b18-17+. The van der Waals surface area contributed by atoms with Crippen LogP contribution in [0.1, 0.15) is 21.6 Å². The lowest BCUT2D eigenvalue weighted by Crippen LogP contribution is -1.84. The molecule has 0 aliphatic carbocycles. The van der Waals surface area contributed by atoms with Crippen LogP contribution in [-0.4, -0.2) is 0 Å². The normalized spacial score (nSPS) is 10.8. The van der Waals surface area contributed by atoms with E-state index in [1.54, 1.807) is 6.07 Å². The first-order valence-electron chi connectivity index (χ1n) is 5.81. The summed E-state index contributed by atoms with van der Waals surface area (Å²) in [6.07, 6.45) is 0. The van der Waals surface area contributed by atoms with Gasteiger partial charge in [0.25, 0.3) is 0 Å². The molecular weight excluding hydrogens is 256 g/mol. The summed E-state index contributed by atoms with van der Waals surface area (Å²) in [6.45, 7) is 5.84. The summed E-state index contributed by atoms with van der Waals surface area (Å²) in [5.74, 6) is 0. The van der Waals surface area contributed by atoms with Crippen molar-refractivity contribution in [2.75, 3.05) is 5.73 Å². The molecular formula is C14H14N4S. The Bertz CT molecular complexity index is 692. The van der Waals surface area contributed by atoms with Crippen LogP contribution >= 0.6 is 11.3 Å². The van der Waals surface area contributed by atoms with Gasteiger partial charge in [-0.1, -0.05) is 0 Å². The van der Waals surface area contributed by atoms with Gasteiger partial charge in [0.1, 0.15) is 6.07 Å². The molecule has 0 atom stereocenters. The largest absolute Gasteiger partial charge is 0.399 e. The van der Waals surface area contributed by atoms with E-state index in [9.17, 15) is 0 Å². The zero-order chi connectivity index (χ0) is 14.0. The van der Waals surface area contributed by atoms with Crippen LogP contribution in [0.4, 0.5) is 16.4 Å². The Morgan fingerprint density at radius 1 is 1.21 bits per heavy atom. The minimum Gasteiger partial charge on any atom is -0.399 e. The Hall–Kier alpha value is -2.19. The second-order valence-electron chi connectivity index (χ2n) is 4.32. The number of thiophene rings is 1. The van der Waals surface area contributed by atoms with E-state index in [-0.39, 0.29) is 0 Å². The third-order valence-electron chi connectivity index (χ3n) is 2.95. The average Bonchev–Trinajstić information content (AvgIpc) is 2.63. The monoisotopic (exact) mass is 270 g/mol. The molecule has 0 saturated carbocycles. The van der Waals surface area contributed by atoms with Crippen molar-refractivity contribution in [2.45, 2.75) is 20.8 Å². The molecule has 0 unspecified atom stereocenters. The summed E-state index contributed by atoms with van der Waals surface area (Å²) >= 11 is 1.49. The van der Waals surface area contributed by atoms with Gasteiger partial charge >= 0.3 is 0 Å². The number of anilines is 1. The van der Waals surface area contributed by atoms with Crippen molar-refractivity contribution in [2.24, 2.45) is 10.2 Å². The van der Waals surface area contributed by atoms with E-state index in [2.05, 4.69) is 16.3 Å². The van der Waals surface area contributed by atoms with Gasteiger partial charge in [0.05, 0.1) is 11.3 Å². The van der Waals surface area contributed by atoms with Crippen molar-refractivity contribution in [3.8, 4) is 6.07 Å². The lowest BCUT2D eigenvalue weighted by molar-refractivity contribution is 1.22. The molecule has 0 bridgehead atoms. The lowest BCUT2D eigenvalue weighted by Gasteiger charge is -1.99. The second-order valence-corrected chi connectivity index (χ2v) is 5.52. The second kappa shape index (κ2) is 5.21. The van der Waals surface area contributed by atoms with Crippen molar-refractivity contribution >= 4 is 27.7 Å². The molecule has 96 valence electrons. The average molecular weight is 270 g/mol. The van der Waals surface area contributed by atoms with Gasteiger partial charge in [0.15, 0.2) is 5.00 Å². The van der Waals surface area contributed by atoms with E-state index in [0.717, 1.165) is 21.7 Å². The van der Waals surface area contributed by atoms with Gasteiger partial charge in [0, 0.05) is 10.6 Å². The maximum atomic E-state index is 9.14. The van der Waals surface area contributed by atoms with Crippen molar-refractivity contribution in [3.05, 3.63) is 39.8 Å². The third-order valence-corrected chi connectivity index (χ3v) is 4.04. The number of rotatable bonds is 2. The molecule has 0 amide bonds. The first kappa shape index (κ1) is 13.2. The fourth-order valence-electron chi connectivity index (χ4n) is 1.70. The minimum atomic E-state index is 0.611. The molecule has 0 saturated heterocycles. The summed E-state index contributed by atoms with van der Waals surface area (Å²) in [6, 6.07) is 7.65. The maximum Gasteiger partial charge on any atom is 0.157 e. The Morgan fingerprint density at radius 3 is 2.58 bits per heavy atom. The highest BCUT2D eigenvalue weighted by Crippen LogP contribution is 2.35. The molecule has 0 aliphatic heterocycles. The van der Waals surface area contributed by atoms with Gasteiger partial charge in [-0.3, -0.25) is 0 Å². The minimum absolute atomic E-state index is 0.611. The predicted octanol–water partition coefficient (Wildman–Crippen LogP) is 4.54. The summed E-state index contributed by atoms with van der Waals surface area (Å²) in [5.41, 5.74) is 9.72. The van der Waals surface area contributed by atoms with Crippen LogP contribution in [0.15, 0.2) is 28.4 Å². The highest BCUT2D eigenvalue weighted by Gasteiger charge is 2.11. The molecule has 1 aromatic carbocycles. The highest BCUT2D eigenvalue weighted by atomic mass is 32.1. The SMILES string of the molecule is Cc1cc(N)ccc1/N=N/c1sc(C)c(C)c1C#N. The topological polar surface area (TPSA) is 74.5 Å². The van der Waals surface area contributed by atoms with Gasteiger partial charge < -0.3 is 5.73 Å². The van der Waals surface area contributed by atoms with E-state index in [1.807, 2.05) is 32.9 Å². The number of benzene rings is 1. The zero-order valence-corrected chi connectivity index (χ0v) is 11.9. The van der Waals surface area contributed by atoms with Crippen LogP contribution in [0.2, 0.25) is 0 Å². The molecule has 19 heavy (non-hydrogen) atoms. The van der Waals surface area contributed by atoms with E-state index in [1.165, 1.54) is 11.3 Å². The molecule has 0 radical (unpaired) electrons. The Kier molecular flexibility index (Phi) is 3.63. The number of hydrogen-bond acceptors (Lipinski definition) is 5. The first-order valence-corrected chi connectivity index (χ1v) is 6.62. The van der Waals surface area contributed by atoms with Gasteiger partial charge in [-0.05, 0) is 50.1 Å². The Balaban J connectivity index is 2.38. The molecule has 5 heteroatoms. The fraction of sp³-hybridized carbons (Fsp3) is 0.214. The van der Waals surface area contributed by atoms with Crippen molar-refractivity contribution in [1.82, 2.24) is 0 Å². The number of azo groups is 1. The fourth-order valence-corrected chi connectivity index (χ4v) is 2.63. The van der Waals surface area contributed by atoms with Gasteiger partial charge in [-0.25, -0.2) is 0 Å². The highest BCUT2D eigenvalue weighted by molar-refractivity contribution is 7.16. The number of nitrogen functional groups attached to an aromatic ring is 1. The number of aryl methyl sites for hydroxylation is 2. The first-order chi connectivity index (χ1) is 9.02. The third kappa shape index (κ3) is 2.64. The quantitative estimate of drug-likeness (QED) is 0.642. The predicted molar refractivity (Wildman–Crippen MR) is 78.3 cm³/mol. The summed E-state index contributed by atoms with van der Waals surface area (Å²) < 4.78 is 0. The Morgan fingerprint density at radius 2 is 1.95 bits per heavy atom. The van der Waals surface area contributed by atoms with Crippen molar-refractivity contribution in [1.29, 1.82) is 5.26 Å². The molecule has 0 spiro atoms. The number of hydrogen-bond donors (Lipinski definition) is 1. The smallest absolute Gasteiger partial charge is 0.157 e. The van der Waals surface area contributed by atoms with Gasteiger partial charge in [-0.2, -0.15) is 5.26 Å². The number of nitrogens with zero attached hydrogens (tertiary/aromatic N) is 3. The molecule has 0 fully saturated rings. The van der Waals surface area contributed by atoms with Crippen molar-refractivity contribution < 1.29 is 0 Å². The van der Waals surface area contributed by atoms with Gasteiger partial charge in [-0.15, -0.1) is 21.6 Å². The zero-order valence-electron chi connectivity index (χ0n) is 11.1. The molecule has 2 N–H and O–H groups in total. The lowest BCUT2D eigenvalue weighted by atomic mass is 10.2. The van der Waals surface area contributed by atoms with E-state index >= 15 is 0 Å². The van der Waals surface area contributed by atoms with Crippen LogP contribution in [0.25, 0.3) is 0 Å². The van der Waals surface area contributed by atoms with Crippen LogP contribution < -0.4 is 5.73 Å². The summed E-state index contributed by atoms with van der Waals surface area (Å²) in [5, 5.41) is 18.2. The maximum absolute atomic E-state index is 9.14. The molecule has 4 nitrogen and oxygen atoms in total. The molecule has 2 aromatic rings. The molecule has 1 aromatic heterocycles. The summed E-state index contributed by atoms with van der Waals surface area (Å²) in [4.78, 5) is 1.10. The van der Waals surface area contributed by atoms with Crippen LogP contribution in [0, 0.1) is 32.1 Å². The van der Waals surface area contributed by atoms with Crippen LogP contribution in [0.5, 0.6) is 0 Å². The Labute approximate surface area is 116 Å². The molecule has 1 heterocycles. The van der Waals surface area contributed by atoms with E-state index in [0.29, 0.717) is 16.3 Å². The van der Waals surface area contributed by atoms with Gasteiger partial charge in [0.2, 0.25) is 0 Å². The van der Waals surface area contributed by atoms with Crippen LogP contribution in [-0.2, 0) is 0 Å². The van der Waals surface area contributed by atoms with Crippen LogP contribution in [0.3, 0.4) is 0 Å². The van der Waals surface area contributed by atoms with E-state index < -0.39 is 0 Å². The van der Waals surface area contributed by atoms with E-state index in [4.69, 9.17) is 11.0 Å².